The Kier molecular flexibility index (Phi) is 4.95. The third-order valence-corrected chi connectivity index (χ3v) is 4.00. The molecule has 1 atom stereocenters. The van der Waals surface area contributed by atoms with Crippen LogP contribution in [0.25, 0.3) is 10.2 Å². The van der Waals surface area contributed by atoms with Crippen LogP contribution < -0.4 is 10.1 Å². The molecule has 0 aliphatic heterocycles. The molecule has 0 saturated heterocycles. The Bertz CT molecular complexity index is 595. The predicted octanol–water partition coefficient (Wildman–Crippen LogP) is 4.07. The van der Waals surface area contributed by atoms with Gasteiger partial charge in [0.05, 0.1) is 16.8 Å². The van der Waals surface area contributed by atoms with Crippen LogP contribution in [0.2, 0.25) is 0 Å². The Morgan fingerprint density at radius 3 is 2.95 bits per heavy atom. The topological polar surface area (TPSA) is 51.2 Å². The maximum Gasteiger partial charge on any atom is 0.228 e. The smallest absolute Gasteiger partial charge is 0.228 e. The van der Waals surface area contributed by atoms with Crippen LogP contribution in [0.1, 0.15) is 33.6 Å². The molecule has 0 unspecified atom stereocenters. The molecule has 1 aromatic heterocycles. The first-order valence-corrected chi connectivity index (χ1v) is 7.80. The third kappa shape index (κ3) is 3.48. The van der Waals surface area contributed by atoms with Gasteiger partial charge in [-0.1, -0.05) is 31.6 Å². The van der Waals surface area contributed by atoms with Crippen LogP contribution in [0, 0.1) is 5.92 Å². The highest BCUT2D eigenvalue weighted by Crippen LogP contribution is 2.29. The predicted molar refractivity (Wildman–Crippen MR) is 83.5 cm³/mol. The van der Waals surface area contributed by atoms with E-state index < -0.39 is 0 Å². The standard InChI is InChI=1S/C15H20N2O2S/c1-4-6-10(3)14(18)17-15-16-12-8-7-11(19-5-2)9-13(12)20-15/h7-10H,4-6H2,1-3H3,(H,16,17,18)/t10-/m0/s1. The number of ether oxygens (including phenoxy) is 1. The molecule has 0 spiro atoms. The molecule has 2 rings (SSSR count). The summed E-state index contributed by atoms with van der Waals surface area (Å²) in [5.41, 5.74) is 0.886. The summed E-state index contributed by atoms with van der Waals surface area (Å²) in [5.74, 6) is 0.891. The van der Waals surface area contributed by atoms with Crippen molar-refractivity contribution in [2.45, 2.75) is 33.6 Å². The van der Waals surface area contributed by atoms with Gasteiger partial charge in [-0.3, -0.25) is 4.79 Å². The number of nitrogens with zero attached hydrogens (tertiary/aromatic N) is 1. The van der Waals surface area contributed by atoms with Crippen molar-refractivity contribution in [3.8, 4) is 5.75 Å². The highest BCUT2D eigenvalue weighted by molar-refractivity contribution is 7.22. The fourth-order valence-corrected chi connectivity index (χ4v) is 2.90. The minimum absolute atomic E-state index is 0.0194. The van der Waals surface area contributed by atoms with Crippen LogP contribution in [0.4, 0.5) is 5.13 Å². The third-order valence-electron chi connectivity index (χ3n) is 3.07. The van der Waals surface area contributed by atoms with Gasteiger partial charge in [-0.15, -0.1) is 0 Å². The summed E-state index contributed by atoms with van der Waals surface area (Å²) >= 11 is 1.48. The van der Waals surface area contributed by atoms with E-state index in [4.69, 9.17) is 4.74 Å². The summed E-state index contributed by atoms with van der Waals surface area (Å²) in [6, 6.07) is 5.78. The van der Waals surface area contributed by atoms with Crippen molar-refractivity contribution < 1.29 is 9.53 Å². The van der Waals surface area contributed by atoms with Crippen molar-refractivity contribution >= 4 is 32.6 Å². The summed E-state index contributed by atoms with van der Waals surface area (Å²) < 4.78 is 6.49. The molecule has 0 bridgehead atoms. The van der Waals surface area contributed by atoms with E-state index in [1.54, 1.807) is 0 Å². The number of benzene rings is 1. The van der Waals surface area contributed by atoms with Crippen LogP contribution >= 0.6 is 11.3 Å². The first-order valence-electron chi connectivity index (χ1n) is 6.98. The van der Waals surface area contributed by atoms with Gasteiger partial charge in [0.2, 0.25) is 5.91 Å². The maximum absolute atomic E-state index is 12.0. The first kappa shape index (κ1) is 14.8. The summed E-state index contributed by atoms with van der Waals surface area (Å²) in [6.07, 6.45) is 1.90. The largest absolute Gasteiger partial charge is 0.494 e. The molecule has 0 radical (unpaired) electrons. The Morgan fingerprint density at radius 1 is 1.45 bits per heavy atom. The summed E-state index contributed by atoms with van der Waals surface area (Å²) in [6.45, 7) is 6.62. The van der Waals surface area contributed by atoms with Crippen LogP contribution in [0.5, 0.6) is 5.75 Å². The molecule has 0 aliphatic rings. The number of hydrogen-bond acceptors (Lipinski definition) is 4. The Morgan fingerprint density at radius 2 is 2.25 bits per heavy atom. The van der Waals surface area contributed by atoms with E-state index in [1.807, 2.05) is 32.0 Å². The lowest BCUT2D eigenvalue weighted by atomic mass is 10.1. The van der Waals surface area contributed by atoms with Crippen LogP contribution in [0.3, 0.4) is 0 Å². The minimum atomic E-state index is 0.0194. The molecule has 0 saturated carbocycles. The van der Waals surface area contributed by atoms with Gasteiger partial charge in [-0.05, 0) is 31.5 Å². The molecule has 1 amide bonds. The lowest BCUT2D eigenvalue weighted by molar-refractivity contribution is -0.119. The van der Waals surface area contributed by atoms with Gasteiger partial charge in [0.1, 0.15) is 5.75 Å². The fraction of sp³-hybridized carbons (Fsp3) is 0.467. The van der Waals surface area contributed by atoms with E-state index in [0.717, 1.165) is 28.8 Å². The number of hydrogen-bond donors (Lipinski definition) is 1. The van der Waals surface area contributed by atoms with Crippen molar-refractivity contribution in [2.24, 2.45) is 5.92 Å². The monoisotopic (exact) mass is 292 g/mol. The zero-order valence-electron chi connectivity index (χ0n) is 12.1. The van der Waals surface area contributed by atoms with Crippen molar-refractivity contribution in [3.63, 3.8) is 0 Å². The molecular weight excluding hydrogens is 272 g/mol. The number of amides is 1. The van der Waals surface area contributed by atoms with Crippen LogP contribution in [-0.4, -0.2) is 17.5 Å². The molecule has 0 fully saturated rings. The van der Waals surface area contributed by atoms with Gasteiger partial charge in [-0.25, -0.2) is 4.98 Å². The fourth-order valence-electron chi connectivity index (χ4n) is 2.01. The van der Waals surface area contributed by atoms with E-state index in [2.05, 4.69) is 17.2 Å². The number of rotatable bonds is 6. The Hall–Kier alpha value is -1.62. The molecular formula is C15H20N2O2S. The zero-order chi connectivity index (χ0) is 14.5. The first-order chi connectivity index (χ1) is 9.63. The van der Waals surface area contributed by atoms with Gasteiger partial charge < -0.3 is 10.1 Å². The number of aromatic nitrogens is 1. The maximum atomic E-state index is 12.0. The second-order valence-electron chi connectivity index (χ2n) is 4.76. The van der Waals surface area contributed by atoms with Crippen molar-refractivity contribution in [1.82, 2.24) is 4.98 Å². The average Bonchev–Trinajstić information content (AvgIpc) is 2.80. The average molecular weight is 292 g/mol. The summed E-state index contributed by atoms with van der Waals surface area (Å²) in [7, 11) is 0. The van der Waals surface area contributed by atoms with E-state index in [-0.39, 0.29) is 11.8 Å². The van der Waals surface area contributed by atoms with Gasteiger partial charge in [0.25, 0.3) is 0 Å². The number of thiazole rings is 1. The molecule has 108 valence electrons. The summed E-state index contributed by atoms with van der Waals surface area (Å²) in [4.78, 5) is 16.4. The second-order valence-corrected chi connectivity index (χ2v) is 5.79. The Labute approximate surface area is 123 Å². The van der Waals surface area contributed by atoms with Crippen LogP contribution in [-0.2, 0) is 4.79 Å². The molecule has 2 aromatic rings. The number of nitrogens with one attached hydrogen (secondary N) is 1. The van der Waals surface area contributed by atoms with E-state index in [9.17, 15) is 4.79 Å². The van der Waals surface area contributed by atoms with E-state index in [0.29, 0.717) is 11.7 Å². The second kappa shape index (κ2) is 6.70. The molecule has 0 aliphatic carbocycles. The van der Waals surface area contributed by atoms with Crippen LogP contribution in [0.15, 0.2) is 18.2 Å². The lowest BCUT2D eigenvalue weighted by Crippen LogP contribution is -2.19. The minimum Gasteiger partial charge on any atom is -0.494 e. The Balaban J connectivity index is 2.13. The highest BCUT2D eigenvalue weighted by atomic mass is 32.1. The highest BCUT2D eigenvalue weighted by Gasteiger charge is 2.14. The van der Waals surface area contributed by atoms with E-state index in [1.165, 1.54) is 11.3 Å². The molecule has 4 nitrogen and oxygen atoms in total. The van der Waals surface area contributed by atoms with E-state index >= 15 is 0 Å². The number of fused-ring (bicyclic) bond motifs is 1. The number of carbonyl (C=O) groups is 1. The van der Waals surface area contributed by atoms with Crippen molar-refractivity contribution in [3.05, 3.63) is 18.2 Å². The van der Waals surface area contributed by atoms with Gasteiger partial charge in [0.15, 0.2) is 5.13 Å². The number of carbonyl (C=O) groups excluding carboxylic acids is 1. The molecule has 20 heavy (non-hydrogen) atoms. The quantitative estimate of drug-likeness (QED) is 0.873. The number of anilines is 1. The van der Waals surface area contributed by atoms with Gasteiger partial charge >= 0.3 is 0 Å². The lowest BCUT2D eigenvalue weighted by Gasteiger charge is -2.08. The normalized spacial score (nSPS) is 12.3. The molecule has 1 heterocycles. The molecule has 1 aromatic carbocycles. The summed E-state index contributed by atoms with van der Waals surface area (Å²) in [5, 5.41) is 3.55. The molecule has 5 heteroatoms. The van der Waals surface area contributed by atoms with Gasteiger partial charge in [-0.2, -0.15) is 0 Å². The van der Waals surface area contributed by atoms with Crippen molar-refractivity contribution in [1.29, 1.82) is 0 Å². The van der Waals surface area contributed by atoms with Gasteiger partial charge in [0, 0.05) is 5.92 Å². The van der Waals surface area contributed by atoms with Crippen molar-refractivity contribution in [2.75, 3.05) is 11.9 Å². The molecule has 1 N–H and O–H groups in total. The SMILES string of the molecule is CCC[C@H](C)C(=O)Nc1nc2ccc(OCC)cc2s1. The zero-order valence-corrected chi connectivity index (χ0v) is 12.9.